The highest BCUT2D eigenvalue weighted by Gasteiger charge is 2.08. The Labute approximate surface area is 107 Å². The fourth-order valence-electron chi connectivity index (χ4n) is 1.27. The zero-order valence-corrected chi connectivity index (χ0v) is 11.0. The Balaban J connectivity index is 1.99. The average Bonchev–Trinajstić information content (AvgIpc) is 2.82. The van der Waals surface area contributed by atoms with Gasteiger partial charge in [-0.15, -0.1) is 11.3 Å². The van der Waals surface area contributed by atoms with E-state index in [1.54, 1.807) is 11.3 Å². The van der Waals surface area contributed by atoms with Gasteiger partial charge in [0.2, 0.25) is 0 Å². The highest BCUT2D eigenvalue weighted by Crippen LogP contribution is 2.27. The number of hydrogen-bond acceptors (Lipinski definition) is 6. The zero-order chi connectivity index (χ0) is 12.1. The molecule has 2 heterocycles. The standard InChI is InChI=1S/C11H12N2O2S2/c1-2-4-15-9(14)6-17-11-8-3-5-16-10(8)12-7-13-11/h3,5,7H,2,4,6H2,1H3. The minimum atomic E-state index is -0.196. The molecule has 0 aliphatic carbocycles. The van der Waals surface area contributed by atoms with Crippen LogP contribution in [0.2, 0.25) is 0 Å². The minimum Gasteiger partial charge on any atom is -0.465 e. The van der Waals surface area contributed by atoms with Crippen molar-refractivity contribution in [2.24, 2.45) is 0 Å². The number of carbonyl (C=O) groups is 1. The largest absolute Gasteiger partial charge is 0.465 e. The van der Waals surface area contributed by atoms with Gasteiger partial charge < -0.3 is 4.74 Å². The number of rotatable bonds is 5. The van der Waals surface area contributed by atoms with Crippen LogP contribution in [0.1, 0.15) is 13.3 Å². The molecule has 0 aliphatic rings. The van der Waals surface area contributed by atoms with E-state index in [9.17, 15) is 4.79 Å². The van der Waals surface area contributed by atoms with E-state index in [2.05, 4.69) is 9.97 Å². The minimum absolute atomic E-state index is 0.196. The van der Waals surface area contributed by atoms with Crippen LogP contribution in [0.15, 0.2) is 22.8 Å². The second-order valence-corrected chi connectivity index (χ2v) is 5.19. The lowest BCUT2D eigenvalue weighted by molar-refractivity contribution is -0.140. The van der Waals surface area contributed by atoms with Gasteiger partial charge in [-0.3, -0.25) is 4.79 Å². The summed E-state index contributed by atoms with van der Waals surface area (Å²) in [6.45, 7) is 2.46. The Kier molecular flexibility index (Phi) is 4.33. The second-order valence-electron chi connectivity index (χ2n) is 3.33. The normalized spacial score (nSPS) is 10.6. The molecule has 0 aromatic carbocycles. The van der Waals surface area contributed by atoms with Crippen molar-refractivity contribution in [3.8, 4) is 0 Å². The lowest BCUT2D eigenvalue weighted by Crippen LogP contribution is -2.07. The number of hydrogen-bond donors (Lipinski definition) is 0. The molecule has 4 nitrogen and oxygen atoms in total. The molecular weight excluding hydrogens is 256 g/mol. The molecule has 6 heteroatoms. The van der Waals surface area contributed by atoms with Gasteiger partial charge in [0, 0.05) is 5.39 Å². The van der Waals surface area contributed by atoms with Crippen LogP contribution >= 0.6 is 23.1 Å². The molecule has 2 aromatic heterocycles. The fourth-order valence-corrected chi connectivity index (χ4v) is 2.84. The van der Waals surface area contributed by atoms with Gasteiger partial charge in [-0.25, -0.2) is 9.97 Å². The summed E-state index contributed by atoms with van der Waals surface area (Å²) in [5.41, 5.74) is 0. The summed E-state index contributed by atoms with van der Waals surface area (Å²) in [6, 6.07) is 1.97. The summed E-state index contributed by atoms with van der Waals surface area (Å²) >= 11 is 2.96. The van der Waals surface area contributed by atoms with Gasteiger partial charge in [-0.1, -0.05) is 18.7 Å². The van der Waals surface area contributed by atoms with Crippen LogP contribution < -0.4 is 0 Å². The highest BCUT2D eigenvalue weighted by molar-refractivity contribution is 8.00. The summed E-state index contributed by atoms with van der Waals surface area (Å²) in [7, 11) is 0. The van der Waals surface area contributed by atoms with E-state index in [0.717, 1.165) is 21.7 Å². The monoisotopic (exact) mass is 268 g/mol. The van der Waals surface area contributed by atoms with Crippen LogP contribution in [-0.4, -0.2) is 28.3 Å². The predicted molar refractivity (Wildman–Crippen MR) is 69.4 cm³/mol. The molecule has 0 saturated carbocycles. The summed E-state index contributed by atoms with van der Waals surface area (Å²) in [5.74, 6) is 0.0981. The maximum absolute atomic E-state index is 11.4. The maximum atomic E-state index is 11.4. The Morgan fingerprint density at radius 2 is 2.41 bits per heavy atom. The van der Waals surface area contributed by atoms with Gasteiger partial charge in [0.25, 0.3) is 0 Å². The van der Waals surface area contributed by atoms with Crippen molar-refractivity contribution in [1.29, 1.82) is 0 Å². The van der Waals surface area contributed by atoms with Gasteiger partial charge >= 0.3 is 5.97 Å². The van der Waals surface area contributed by atoms with Crippen LogP contribution in [0, 0.1) is 0 Å². The molecule has 0 amide bonds. The van der Waals surface area contributed by atoms with Crippen LogP contribution in [0.3, 0.4) is 0 Å². The topological polar surface area (TPSA) is 52.1 Å². The van der Waals surface area contributed by atoms with E-state index >= 15 is 0 Å². The summed E-state index contributed by atoms with van der Waals surface area (Å²) < 4.78 is 5.01. The maximum Gasteiger partial charge on any atom is 0.316 e. The summed E-state index contributed by atoms with van der Waals surface area (Å²) in [6.07, 6.45) is 2.37. The van der Waals surface area contributed by atoms with Crippen LogP contribution in [0.25, 0.3) is 10.2 Å². The first-order valence-corrected chi connectivity index (χ1v) is 7.14. The van der Waals surface area contributed by atoms with Gasteiger partial charge in [-0.05, 0) is 17.9 Å². The Morgan fingerprint density at radius 3 is 3.24 bits per heavy atom. The molecule has 2 aromatic rings. The van der Waals surface area contributed by atoms with Crippen molar-refractivity contribution in [3.63, 3.8) is 0 Å². The van der Waals surface area contributed by atoms with Gasteiger partial charge in [0.1, 0.15) is 16.2 Å². The number of carbonyl (C=O) groups excluding carboxylic acids is 1. The third-order valence-electron chi connectivity index (χ3n) is 2.02. The molecule has 2 rings (SSSR count). The van der Waals surface area contributed by atoms with Gasteiger partial charge in [0.05, 0.1) is 12.4 Å². The van der Waals surface area contributed by atoms with E-state index in [4.69, 9.17) is 4.74 Å². The molecule has 0 bridgehead atoms. The molecule has 0 aliphatic heterocycles. The second kappa shape index (κ2) is 5.97. The molecule has 0 fully saturated rings. The molecule has 0 N–H and O–H groups in total. The number of aromatic nitrogens is 2. The van der Waals surface area contributed by atoms with Crippen LogP contribution in [0.5, 0.6) is 0 Å². The van der Waals surface area contributed by atoms with Crippen molar-refractivity contribution < 1.29 is 9.53 Å². The third-order valence-corrected chi connectivity index (χ3v) is 3.82. The molecule has 0 spiro atoms. The number of thiophene rings is 1. The lowest BCUT2D eigenvalue weighted by Gasteiger charge is -2.03. The van der Waals surface area contributed by atoms with Crippen molar-refractivity contribution in [3.05, 3.63) is 17.8 Å². The molecule has 0 atom stereocenters. The Morgan fingerprint density at radius 1 is 1.53 bits per heavy atom. The number of thioether (sulfide) groups is 1. The molecular formula is C11H12N2O2S2. The Hall–Kier alpha value is -1.14. The fraction of sp³-hybridized carbons (Fsp3) is 0.364. The zero-order valence-electron chi connectivity index (χ0n) is 9.38. The molecule has 0 radical (unpaired) electrons. The quantitative estimate of drug-likeness (QED) is 0.474. The smallest absolute Gasteiger partial charge is 0.316 e. The highest BCUT2D eigenvalue weighted by atomic mass is 32.2. The molecule has 0 saturated heterocycles. The van der Waals surface area contributed by atoms with Crippen molar-refractivity contribution in [2.75, 3.05) is 12.4 Å². The van der Waals surface area contributed by atoms with Crippen molar-refractivity contribution in [2.45, 2.75) is 18.4 Å². The van der Waals surface area contributed by atoms with E-state index in [1.165, 1.54) is 18.1 Å². The van der Waals surface area contributed by atoms with E-state index < -0.39 is 0 Å². The SMILES string of the molecule is CCCOC(=O)CSc1ncnc2sccc12. The van der Waals surface area contributed by atoms with Crippen LogP contribution in [0.4, 0.5) is 0 Å². The van der Waals surface area contributed by atoms with E-state index in [1.807, 2.05) is 18.4 Å². The number of nitrogens with zero attached hydrogens (tertiary/aromatic N) is 2. The van der Waals surface area contributed by atoms with Crippen LogP contribution in [-0.2, 0) is 9.53 Å². The van der Waals surface area contributed by atoms with Crippen molar-refractivity contribution >= 4 is 39.3 Å². The number of esters is 1. The number of ether oxygens (including phenoxy) is 1. The average molecular weight is 268 g/mol. The summed E-state index contributed by atoms with van der Waals surface area (Å²) in [5, 5.41) is 3.81. The third kappa shape index (κ3) is 3.17. The molecule has 0 unspecified atom stereocenters. The lowest BCUT2D eigenvalue weighted by atomic mass is 10.4. The Bertz CT molecular complexity index is 513. The molecule has 17 heavy (non-hydrogen) atoms. The van der Waals surface area contributed by atoms with E-state index in [0.29, 0.717) is 12.4 Å². The van der Waals surface area contributed by atoms with Gasteiger partial charge in [0.15, 0.2) is 0 Å². The van der Waals surface area contributed by atoms with Crippen molar-refractivity contribution in [1.82, 2.24) is 9.97 Å². The molecule has 90 valence electrons. The first kappa shape index (κ1) is 12.3. The van der Waals surface area contributed by atoms with Gasteiger partial charge in [-0.2, -0.15) is 0 Å². The summed E-state index contributed by atoms with van der Waals surface area (Å²) in [4.78, 5) is 20.7. The first-order chi connectivity index (χ1) is 8.31. The number of fused-ring (bicyclic) bond motifs is 1. The van der Waals surface area contributed by atoms with E-state index in [-0.39, 0.29) is 5.97 Å². The predicted octanol–water partition coefficient (Wildman–Crippen LogP) is 2.74. The first-order valence-electron chi connectivity index (χ1n) is 5.28.